The number of benzene rings is 1. The molecule has 0 bridgehead atoms. The molecule has 1 radical (unpaired) electrons. The van der Waals surface area contributed by atoms with Gasteiger partial charge in [-0.15, -0.1) is 0 Å². The first-order chi connectivity index (χ1) is 9.14. The van der Waals surface area contributed by atoms with Gasteiger partial charge in [0.05, 0.1) is 0 Å². The summed E-state index contributed by atoms with van der Waals surface area (Å²) in [5.74, 6) is 0. The highest BCUT2D eigenvalue weighted by Gasteiger charge is 2.51. The molecule has 1 rings (SSSR count). The monoisotopic (exact) mass is 487 g/mol. The van der Waals surface area contributed by atoms with Crippen LogP contribution in [0.1, 0.15) is 16.7 Å². The van der Waals surface area contributed by atoms with Crippen LogP contribution in [0.2, 0.25) is 0 Å². The Labute approximate surface area is 172 Å². The maximum atomic E-state index is 6.12. The molecule has 0 N–H and O–H groups in total. The highest BCUT2D eigenvalue weighted by atomic mass is 35.6. The fraction of sp³-hybridized carbons (Fsp3) is 0.364. The standard InChI is InChI=1S/C11H5Cl10/c1-5-6(8(12,13)10(16,17)18)3-2-4-7(5)9(14,15)11(19,20)21/h2-4H,1H2. The van der Waals surface area contributed by atoms with Crippen LogP contribution in [0.3, 0.4) is 0 Å². The van der Waals surface area contributed by atoms with Gasteiger partial charge >= 0.3 is 0 Å². The van der Waals surface area contributed by atoms with Crippen LogP contribution in [0, 0.1) is 6.92 Å². The summed E-state index contributed by atoms with van der Waals surface area (Å²) >= 11 is 59.2. The van der Waals surface area contributed by atoms with E-state index in [1.807, 2.05) is 0 Å². The molecule has 0 aliphatic carbocycles. The van der Waals surface area contributed by atoms with E-state index in [4.69, 9.17) is 116 Å². The van der Waals surface area contributed by atoms with E-state index in [2.05, 4.69) is 6.92 Å². The summed E-state index contributed by atoms with van der Waals surface area (Å²) in [7, 11) is 0. The van der Waals surface area contributed by atoms with E-state index in [-0.39, 0.29) is 16.7 Å². The third-order valence-corrected chi connectivity index (χ3v) is 7.37. The number of hydrogen-bond donors (Lipinski definition) is 0. The second-order valence-electron chi connectivity index (χ2n) is 3.98. The smallest absolute Gasteiger partial charge is 0.0915 e. The van der Waals surface area contributed by atoms with Crippen LogP contribution >= 0.6 is 116 Å². The molecular formula is C11H5Cl10. The van der Waals surface area contributed by atoms with Crippen LogP contribution in [0.15, 0.2) is 18.2 Å². The molecule has 21 heavy (non-hydrogen) atoms. The van der Waals surface area contributed by atoms with Gasteiger partial charge in [-0.1, -0.05) is 134 Å². The van der Waals surface area contributed by atoms with E-state index >= 15 is 0 Å². The molecule has 0 atom stereocenters. The lowest BCUT2D eigenvalue weighted by molar-refractivity contribution is 0.836. The van der Waals surface area contributed by atoms with Crippen molar-refractivity contribution in [1.82, 2.24) is 0 Å². The average molecular weight is 492 g/mol. The molecule has 10 heteroatoms. The van der Waals surface area contributed by atoms with Crippen molar-refractivity contribution < 1.29 is 0 Å². The van der Waals surface area contributed by atoms with E-state index in [0.29, 0.717) is 0 Å². The largest absolute Gasteiger partial charge is 0.227 e. The van der Waals surface area contributed by atoms with Crippen molar-refractivity contribution in [1.29, 1.82) is 0 Å². The highest BCUT2D eigenvalue weighted by Crippen LogP contribution is 2.57. The number of hydrogen-bond acceptors (Lipinski definition) is 0. The zero-order valence-electron chi connectivity index (χ0n) is 9.72. The Bertz CT molecular complexity index is 479. The van der Waals surface area contributed by atoms with Gasteiger partial charge in [0.1, 0.15) is 0 Å². The summed E-state index contributed by atoms with van der Waals surface area (Å²) in [5.41, 5.74) is 0.525. The molecule has 0 amide bonds. The Morgan fingerprint density at radius 2 is 0.905 bits per heavy atom. The van der Waals surface area contributed by atoms with Gasteiger partial charge in [0, 0.05) is 0 Å². The minimum Gasteiger partial charge on any atom is -0.0915 e. The molecule has 0 saturated heterocycles. The minimum absolute atomic E-state index is 0.170. The normalized spacial score (nSPS) is 14.4. The Hall–Kier alpha value is 2.12. The summed E-state index contributed by atoms with van der Waals surface area (Å²) in [6.45, 7) is 3.79. The van der Waals surface area contributed by atoms with Crippen LogP contribution in [-0.4, -0.2) is 7.59 Å². The second kappa shape index (κ2) is 6.79. The molecule has 0 saturated carbocycles. The molecule has 0 spiro atoms. The van der Waals surface area contributed by atoms with Gasteiger partial charge in [-0.25, -0.2) is 0 Å². The first-order valence-electron chi connectivity index (χ1n) is 4.99. The van der Waals surface area contributed by atoms with Gasteiger partial charge in [-0.05, 0) is 23.6 Å². The fourth-order valence-electron chi connectivity index (χ4n) is 1.48. The molecule has 0 aromatic heterocycles. The third kappa shape index (κ3) is 4.21. The Morgan fingerprint density at radius 3 is 1.14 bits per heavy atom. The van der Waals surface area contributed by atoms with Crippen molar-refractivity contribution in [3.8, 4) is 0 Å². The van der Waals surface area contributed by atoms with E-state index in [9.17, 15) is 0 Å². The fourth-order valence-corrected chi connectivity index (χ4v) is 2.80. The maximum Gasteiger partial charge on any atom is 0.227 e. The SMILES string of the molecule is [CH2]c1c(C(Cl)(Cl)C(Cl)(Cl)Cl)cccc1C(Cl)(Cl)C(Cl)(Cl)Cl. The molecule has 0 heterocycles. The van der Waals surface area contributed by atoms with Gasteiger partial charge in [0.25, 0.3) is 0 Å². The summed E-state index contributed by atoms with van der Waals surface area (Å²) < 4.78 is -7.91. The molecule has 0 aliphatic rings. The van der Waals surface area contributed by atoms with E-state index in [1.165, 1.54) is 18.2 Å². The number of rotatable bonds is 2. The van der Waals surface area contributed by atoms with Crippen LogP contribution < -0.4 is 0 Å². The van der Waals surface area contributed by atoms with Crippen molar-refractivity contribution >= 4 is 116 Å². The van der Waals surface area contributed by atoms with Gasteiger partial charge in [0.15, 0.2) is 8.67 Å². The van der Waals surface area contributed by atoms with Gasteiger partial charge in [-0.2, -0.15) is 0 Å². The quantitative estimate of drug-likeness (QED) is 0.369. The molecule has 0 aliphatic heterocycles. The second-order valence-corrected chi connectivity index (χ2v) is 11.2. The lowest BCUT2D eigenvalue weighted by Crippen LogP contribution is -2.33. The predicted octanol–water partition coefficient (Wildman–Crippen LogP) is 7.87. The van der Waals surface area contributed by atoms with Crippen molar-refractivity contribution in [3.63, 3.8) is 0 Å². The maximum absolute atomic E-state index is 6.12. The molecule has 0 unspecified atom stereocenters. The van der Waals surface area contributed by atoms with Crippen molar-refractivity contribution in [2.45, 2.75) is 16.3 Å². The molecule has 0 fully saturated rings. The summed E-state index contributed by atoms with van der Waals surface area (Å²) in [4.78, 5) is 0. The number of alkyl halides is 10. The zero-order chi connectivity index (χ0) is 16.9. The van der Waals surface area contributed by atoms with E-state index in [0.717, 1.165) is 0 Å². The van der Waals surface area contributed by atoms with Crippen molar-refractivity contribution in [2.75, 3.05) is 0 Å². The predicted molar refractivity (Wildman–Crippen MR) is 98.2 cm³/mol. The summed E-state index contributed by atoms with van der Waals surface area (Å²) in [5, 5.41) is 0. The zero-order valence-corrected chi connectivity index (χ0v) is 17.3. The first-order valence-corrected chi connectivity index (χ1v) is 8.77. The molecule has 1 aromatic rings. The Balaban J connectivity index is 3.56. The topological polar surface area (TPSA) is 0 Å². The van der Waals surface area contributed by atoms with E-state index < -0.39 is 16.3 Å². The van der Waals surface area contributed by atoms with Crippen molar-refractivity contribution in [3.05, 3.63) is 41.8 Å². The first kappa shape index (κ1) is 21.2. The Kier molecular flexibility index (Phi) is 6.84. The van der Waals surface area contributed by atoms with E-state index in [1.54, 1.807) is 0 Å². The minimum atomic E-state index is -2.04. The lowest BCUT2D eigenvalue weighted by atomic mass is 9.97. The lowest BCUT2D eigenvalue weighted by Gasteiger charge is -2.33. The highest BCUT2D eigenvalue weighted by molar-refractivity contribution is 6.76. The molecule has 0 nitrogen and oxygen atoms in total. The van der Waals surface area contributed by atoms with Crippen LogP contribution in [0.4, 0.5) is 0 Å². The average Bonchev–Trinajstić information content (AvgIpc) is 2.25. The van der Waals surface area contributed by atoms with Crippen LogP contribution in [-0.2, 0) is 8.67 Å². The van der Waals surface area contributed by atoms with Crippen LogP contribution in [0.25, 0.3) is 0 Å². The van der Waals surface area contributed by atoms with Gasteiger partial charge in [-0.3, -0.25) is 0 Å². The third-order valence-electron chi connectivity index (χ3n) is 2.56. The molecular weight excluding hydrogens is 487 g/mol. The Morgan fingerprint density at radius 1 is 0.619 bits per heavy atom. The van der Waals surface area contributed by atoms with Gasteiger partial charge in [0.2, 0.25) is 7.59 Å². The molecule has 119 valence electrons. The van der Waals surface area contributed by atoms with Crippen LogP contribution in [0.5, 0.6) is 0 Å². The molecule has 1 aromatic carbocycles. The van der Waals surface area contributed by atoms with Gasteiger partial charge < -0.3 is 0 Å². The van der Waals surface area contributed by atoms with Crippen molar-refractivity contribution in [2.24, 2.45) is 0 Å². The summed E-state index contributed by atoms with van der Waals surface area (Å²) in [6.07, 6.45) is 0. The number of halogens is 10. The summed E-state index contributed by atoms with van der Waals surface area (Å²) in [6, 6.07) is 4.51.